The number of imide groups is 1. The van der Waals surface area contributed by atoms with Crippen molar-refractivity contribution in [3.8, 4) is 0 Å². The zero-order valence-electron chi connectivity index (χ0n) is 12.1. The first-order valence-electron chi connectivity index (χ1n) is 7.34. The molecule has 5 nitrogen and oxygen atoms in total. The average Bonchev–Trinajstić information content (AvgIpc) is 2.69. The van der Waals surface area contributed by atoms with Gasteiger partial charge in [0.25, 0.3) is 0 Å². The smallest absolute Gasteiger partial charge is 0.233 e. The molecule has 0 aromatic carbocycles. The van der Waals surface area contributed by atoms with E-state index in [1.165, 1.54) is 4.90 Å². The van der Waals surface area contributed by atoms with Gasteiger partial charge in [-0.1, -0.05) is 19.1 Å². The summed E-state index contributed by atoms with van der Waals surface area (Å²) in [6, 6.07) is 0.124. The van der Waals surface area contributed by atoms with Crippen LogP contribution in [0.5, 0.6) is 0 Å². The van der Waals surface area contributed by atoms with Crippen LogP contribution in [-0.4, -0.2) is 35.2 Å². The molecule has 3 amide bonds. The molecule has 5 heteroatoms. The lowest BCUT2D eigenvalue weighted by Gasteiger charge is -2.16. The fourth-order valence-corrected chi connectivity index (χ4v) is 2.75. The van der Waals surface area contributed by atoms with Crippen LogP contribution >= 0.6 is 0 Å². The summed E-state index contributed by atoms with van der Waals surface area (Å²) >= 11 is 0. The SMILES string of the molecule is CC[C@H](C)NC(=O)CCN1C(=O)[C@H]2CC=CC[C@@H]2C1=O. The molecule has 0 spiro atoms. The van der Waals surface area contributed by atoms with Crippen molar-refractivity contribution in [2.24, 2.45) is 11.8 Å². The van der Waals surface area contributed by atoms with Crippen molar-refractivity contribution in [3.05, 3.63) is 12.2 Å². The van der Waals surface area contributed by atoms with Gasteiger partial charge in [0.2, 0.25) is 17.7 Å². The first-order chi connectivity index (χ1) is 9.54. The highest BCUT2D eigenvalue weighted by molar-refractivity contribution is 6.05. The third kappa shape index (κ3) is 2.92. The van der Waals surface area contributed by atoms with Crippen molar-refractivity contribution in [3.63, 3.8) is 0 Å². The first kappa shape index (κ1) is 14.8. The maximum Gasteiger partial charge on any atom is 0.233 e. The van der Waals surface area contributed by atoms with Crippen molar-refractivity contribution in [1.29, 1.82) is 0 Å². The molecule has 0 saturated carbocycles. The Morgan fingerprint density at radius 1 is 1.30 bits per heavy atom. The number of nitrogens with one attached hydrogen (secondary N) is 1. The van der Waals surface area contributed by atoms with Crippen molar-refractivity contribution in [1.82, 2.24) is 10.2 Å². The minimum Gasteiger partial charge on any atom is -0.354 e. The summed E-state index contributed by atoms with van der Waals surface area (Å²) in [5.74, 6) is -0.732. The number of amides is 3. The number of fused-ring (bicyclic) bond motifs is 1. The minimum atomic E-state index is -0.204. The number of carbonyl (C=O) groups excluding carboxylic acids is 3. The lowest BCUT2D eigenvalue weighted by Crippen LogP contribution is -2.37. The Morgan fingerprint density at radius 2 is 1.85 bits per heavy atom. The molecule has 2 rings (SSSR count). The summed E-state index contributed by atoms with van der Waals surface area (Å²) in [6.45, 7) is 4.13. The van der Waals surface area contributed by atoms with Gasteiger partial charge in [0.1, 0.15) is 0 Å². The zero-order chi connectivity index (χ0) is 14.7. The second-order valence-electron chi connectivity index (χ2n) is 5.61. The number of nitrogens with zero attached hydrogens (tertiary/aromatic N) is 1. The average molecular weight is 278 g/mol. The fraction of sp³-hybridized carbons (Fsp3) is 0.667. The van der Waals surface area contributed by atoms with Gasteiger partial charge in [-0.25, -0.2) is 0 Å². The van der Waals surface area contributed by atoms with E-state index in [1.54, 1.807) is 0 Å². The van der Waals surface area contributed by atoms with E-state index in [-0.39, 0.29) is 48.6 Å². The molecule has 1 fully saturated rings. The van der Waals surface area contributed by atoms with Gasteiger partial charge in [0.05, 0.1) is 11.8 Å². The second kappa shape index (κ2) is 6.20. The molecule has 1 heterocycles. The summed E-state index contributed by atoms with van der Waals surface area (Å²) in [6.07, 6.45) is 6.27. The predicted molar refractivity (Wildman–Crippen MR) is 74.6 cm³/mol. The Bertz CT molecular complexity index is 418. The van der Waals surface area contributed by atoms with E-state index in [0.717, 1.165) is 6.42 Å². The van der Waals surface area contributed by atoms with Crippen LogP contribution in [0.1, 0.15) is 39.5 Å². The molecule has 1 aliphatic heterocycles. The first-order valence-corrected chi connectivity index (χ1v) is 7.34. The standard InChI is InChI=1S/C15H22N2O3/c1-3-10(2)16-13(18)8-9-17-14(19)11-6-4-5-7-12(11)15(17)20/h4-5,10-12H,3,6-9H2,1-2H3,(H,16,18)/t10-,11-,12-/m0/s1. The summed E-state index contributed by atoms with van der Waals surface area (Å²) in [5, 5.41) is 2.85. The molecule has 0 aromatic heterocycles. The minimum absolute atomic E-state index is 0.104. The molecule has 110 valence electrons. The normalized spacial score (nSPS) is 26.6. The van der Waals surface area contributed by atoms with Gasteiger partial charge in [-0.3, -0.25) is 19.3 Å². The van der Waals surface area contributed by atoms with E-state index in [4.69, 9.17) is 0 Å². The van der Waals surface area contributed by atoms with E-state index in [1.807, 2.05) is 26.0 Å². The Kier molecular flexibility index (Phi) is 4.57. The molecule has 0 radical (unpaired) electrons. The van der Waals surface area contributed by atoms with Crippen LogP contribution in [0, 0.1) is 11.8 Å². The molecule has 0 aromatic rings. The third-order valence-corrected chi connectivity index (χ3v) is 4.18. The summed E-state index contributed by atoms with van der Waals surface area (Å²) in [7, 11) is 0. The zero-order valence-corrected chi connectivity index (χ0v) is 12.1. The molecule has 1 aliphatic carbocycles. The van der Waals surface area contributed by atoms with Gasteiger partial charge in [-0.05, 0) is 26.2 Å². The van der Waals surface area contributed by atoms with E-state index in [0.29, 0.717) is 12.8 Å². The van der Waals surface area contributed by atoms with Crippen LogP contribution in [-0.2, 0) is 14.4 Å². The van der Waals surface area contributed by atoms with E-state index in [9.17, 15) is 14.4 Å². The molecule has 0 bridgehead atoms. The van der Waals surface area contributed by atoms with E-state index < -0.39 is 0 Å². The van der Waals surface area contributed by atoms with Crippen molar-refractivity contribution in [2.45, 2.75) is 45.6 Å². The molecular formula is C15H22N2O3. The summed E-state index contributed by atoms with van der Waals surface area (Å²) in [4.78, 5) is 37.4. The lowest BCUT2D eigenvalue weighted by atomic mass is 9.85. The molecule has 2 aliphatic rings. The number of rotatable bonds is 5. The van der Waals surface area contributed by atoms with E-state index >= 15 is 0 Å². The number of hydrogen-bond acceptors (Lipinski definition) is 3. The van der Waals surface area contributed by atoms with Gasteiger partial charge >= 0.3 is 0 Å². The Morgan fingerprint density at radius 3 is 2.35 bits per heavy atom. The van der Waals surface area contributed by atoms with Gasteiger partial charge in [0, 0.05) is 19.0 Å². The van der Waals surface area contributed by atoms with Crippen LogP contribution < -0.4 is 5.32 Å². The van der Waals surface area contributed by atoms with Gasteiger partial charge in [-0.2, -0.15) is 0 Å². The number of allylic oxidation sites excluding steroid dienone is 2. The predicted octanol–water partition coefficient (Wildman–Crippen LogP) is 1.24. The van der Waals surface area contributed by atoms with Crippen molar-refractivity contribution >= 4 is 17.7 Å². The maximum atomic E-state index is 12.2. The lowest BCUT2D eigenvalue weighted by molar-refractivity contribution is -0.140. The number of likely N-dealkylation sites (tertiary alicyclic amines) is 1. The highest BCUT2D eigenvalue weighted by Gasteiger charge is 2.46. The van der Waals surface area contributed by atoms with Gasteiger partial charge < -0.3 is 5.32 Å². The molecule has 1 N–H and O–H groups in total. The molecule has 20 heavy (non-hydrogen) atoms. The van der Waals surface area contributed by atoms with Crippen LogP contribution in [0.15, 0.2) is 12.2 Å². The third-order valence-electron chi connectivity index (χ3n) is 4.18. The topological polar surface area (TPSA) is 66.5 Å². The van der Waals surface area contributed by atoms with Crippen LogP contribution in [0.3, 0.4) is 0 Å². The highest BCUT2D eigenvalue weighted by Crippen LogP contribution is 2.34. The Hall–Kier alpha value is -1.65. The van der Waals surface area contributed by atoms with Crippen LogP contribution in [0.2, 0.25) is 0 Å². The summed E-state index contributed by atoms with van der Waals surface area (Å²) in [5.41, 5.74) is 0. The van der Waals surface area contributed by atoms with Gasteiger partial charge in [-0.15, -0.1) is 0 Å². The van der Waals surface area contributed by atoms with Crippen LogP contribution in [0.4, 0.5) is 0 Å². The largest absolute Gasteiger partial charge is 0.354 e. The molecule has 0 unspecified atom stereocenters. The number of hydrogen-bond donors (Lipinski definition) is 1. The molecule has 3 atom stereocenters. The highest BCUT2D eigenvalue weighted by atomic mass is 16.2. The van der Waals surface area contributed by atoms with Crippen molar-refractivity contribution in [2.75, 3.05) is 6.54 Å². The van der Waals surface area contributed by atoms with Gasteiger partial charge in [0.15, 0.2) is 0 Å². The summed E-state index contributed by atoms with van der Waals surface area (Å²) < 4.78 is 0. The van der Waals surface area contributed by atoms with Crippen LogP contribution in [0.25, 0.3) is 0 Å². The Labute approximate surface area is 119 Å². The fourth-order valence-electron chi connectivity index (χ4n) is 2.75. The number of carbonyl (C=O) groups is 3. The molecule has 1 saturated heterocycles. The quantitative estimate of drug-likeness (QED) is 0.608. The monoisotopic (exact) mass is 278 g/mol. The maximum absolute atomic E-state index is 12.2. The van der Waals surface area contributed by atoms with E-state index in [2.05, 4.69) is 5.32 Å². The van der Waals surface area contributed by atoms with Crippen molar-refractivity contribution < 1.29 is 14.4 Å². The Balaban J connectivity index is 1.89. The second-order valence-corrected chi connectivity index (χ2v) is 5.61. The molecular weight excluding hydrogens is 256 g/mol.